The first-order valence-corrected chi connectivity index (χ1v) is 22.8. The van der Waals surface area contributed by atoms with Gasteiger partial charge in [0.2, 0.25) is 0 Å². The van der Waals surface area contributed by atoms with E-state index in [2.05, 4.69) is 209 Å². The second-order valence-electron chi connectivity index (χ2n) is 17.8. The highest BCUT2D eigenvalue weighted by Crippen LogP contribution is 2.59. The Labute approximate surface area is 370 Å². The number of H-pyrrole nitrogens is 1. The molecule has 3 heterocycles. The standard InChI is InChI=1S/C59H46BN3/c1-5-20-40(21-6-1)59(41-22-7-2-8-23-41)49-31-15-16-34-53(49)63-54-38-44(62(42-24-9-3-10-25-42)43-26-11-4-12-27-43)37-48(56(54)60-51-33-18-32-50(59)58(51)63)46-29-17-30-47-55-45-28-14-13-19-39(45)35-36-52(55)61-57(46)47/h1-7,9-13,15-22,24-27,29-34,37-38,60-61H,8,14,23,28,35-36H2. The molecule has 2 aliphatic heterocycles. The van der Waals surface area contributed by atoms with Crippen molar-refractivity contribution in [2.75, 3.05) is 9.80 Å². The number of aromatic amines is 1. The lowest BCUT2D eigenvalue weighted by atomic mass is 9.53. The number of benzene rings is 7. The Balaban J connectivity index is 1.12. The predicted molar refractivity (Wildman–Crippen MR) is 266 cm³/mol. The number of anilines is 6. The monoisotopic (exact) mass is 807 g/mol. The molecule has 0 spiro atoms. The van der Waals surface area contributed by atoms with Gasteiger partial charge in [0, 0.05) is 50.6 Å². The quantitative estimate of drug-likeness (QED) is 0.169. The summed E-state index contributed by atoms with van der Waals surface area (Å²) in [5.41, 5.74) is 24.6. The van der Waals surface area contributed by atoms with E-state index in [9.17, 15) is 0 Å². The molecule has 300 valence electrons. The fraction of sp³-hybridized carbons (Fsp3) is 0.119. The Morgan fingerprint density at radius 1 is 0.587 bits per heavy atom. The predicted octanol–water partition coefficient (Wildman–Crippen LogP) is 13.4. The summed E-state index contributed by atoms with van der Waals surface area (Å²) >= 11 is 0. The average Bonchev–Trinajstić information content (AvgIpc) is 3.75. The fourth-order valence-electron chi connectivity index (χ4n) is 12.0. The topological polar surface area (TPSA) is 22.3 Å². The Kier molecular flexibility index (Phi) is 8.31. The molecule has 1 N–H and O–H groups in total. The van der Waals surface area contributed by atoms with Crippen LogP contribution in [0.5, 0.6) is 0 Å². The Morgan fingerprint density at radius 3 is 2.11 bits per heavy atom. The summed E-state index contributed by atoms with van der Waals surface area (Å²) in [6, 6.07) is 61.5. The smallest absolute Gasteiger partial charge is 0.198 e. The molecule has 7 aromatic carbocycles. The van der Waals surface area contributed by atoms with Gasteiger partial charge in [-0.25, -0.2) is 0 Å². The van der Waals surface area contributed by atoms with Gasteiger partial charge in [0.25, 0.3) is 0 Å². The summed E-state index contributed by atoms with van der Waals surface area (Å²) in [6.07, 6.45) is 18.2. The van der Waals surface area contributed by atoms with Crippen LogP contribution in [0, 0.1) is 0 Å². The summed E-state index contributed by atoms with van der Waals surface area (Å²) in [5.74, 6) is 0. The van der Waals surface area contributed by atoms with Crippen molar-refractivity contribution >= 4 is 68.8 Å². The van der Waals surface area contributed by atoms with Crippen LogP contribution in [0.25, 0.3) is 27.6 Å². The molecule has 13 rings (SSSR count). The lowest BCUT2D eigenvalue weighted by Crippen LogP contribution is -2.47. The lowest BCUT2D eigenvalue weighted by molar-refractivity contribution is 0.668. The van der Waals surface area contributed by atoms with E-state index in [-0.39, 0.29) is 0 Å². The van der Waals surface area contributed by atoms with Gasteiger partial charge >= 0.3 is 0 Å². The van der Waals surface area contributed by atoms with E-state index in [1.54, 1.807) is 0 Å². The molecule has 63 heavy (non-hydrogen) atoms. The molecule has 0 fully saturated rings. The minimum atomic E-state index is -0.445. The Bertz CT molecular complexity index is 3220. The van der Waals surface area contributed by atoms with Crippen molar-refractivity contribution in [2.24, 2.45) is 0 Å². The SMILES string of the molecule is B1c2cccc3c2N(c2ccccc2C3(C2=CC=CCC2)c2ccccc2)c2cc(N(c3ccccc3)c3ccccc3)cc(-c3cccc4c5c([nH]c34)CCC3=C5CCC=C3)c21. The lowest BCUT2D eigenvalue weighted by Gasteiger charge is -2.50. The normalized spacial score (nSPS) is 17.8. The highest BCUT2D eigenvalue weighted by Gasteiger charge is 2.49. The van der Waals surface area contributed by atoms with Crippen LogP contribution in [0.15, 0.2) is 205 Å². The molecule has 4 heteroatoms. The first kappa shape index (κ1) is 36.4. The molecular weight excluding hydrogens is 761 g/mol. The zero-order valence-corrected chi connectivity index (χ0v) is 35.3. The van der Waals surface area contributed by atoms with Gasteiger partial charge in [0.1, 0.15) is 0 Å². The van der Waals surface area contributed by atoms with Crippen LogP contribution < -0.4 is 20.7 Å². The number of allylic oxidation sites excluding steroid dienone is 8. The zero-order chi connectivity index (χ0) is 41.5. The average molecular weight is 808 g/mol. The number of hydrogen-bond donors (Lipinski definition) is 1. The van der Waals surface area contributed by atoms with E-state index >= 15 is 0 Å². The van der Waals surface area contributed by atoms with E-state index in [0.717, 1.165) is 62.9 Å². The number of para-hydroxylation sites is 5. The van der Waals surface area contributed by atoms with E-state index in [1.165, 1.54) is 94.7 Å². The Hall–Kier alpha value is -7.30. The molecule has 0 radical (unpaired) electrons. The van der Waals surface area contributed by atoms with Gasteiger partial charge in [-0.05, 0) is 120 Å². The summed E-state index contributed by atoms with van der Waals surface area (Å²) in [6.45, 7) is 0. The van der Waals surface area contributed by atoms with Gasteiger partial charge in [0.15, 0.2) is 7.28 Å². The molecule has 8 aromatic rings. The van der Waals surface area contributed by atoms with Crippen molar-refractivity contribution in [2.45, 2.75) is 43.9 Å². The minimum absolute atomic E-state index is 0.445. The third-order valence-electron chi connectivity index (χ3n) is 14.5. The van der Waals surface area contributed by atoms with Gasteiger partial charge in [0.05, 0.1) is 16.6 Å². The number of aromatic nitrogens is 1. The number of aryl methyl sites for hydroxylation is 1. The van der Waals surface area contributed by atoms with Gasteiger partial charge in [-0.3, -0.25) is 0 Å². The van der Waals surface area contributed by atoms with Gasteiger partial charge in [-0.15, -0.1) is 0 Å². The molecule has 5 aliphatic rings. The van der Waals surface area contributed by atoms with Crippen LogP contribution in [-0.2, 0) is 11.8 Å². The summed E-state index contributed by atoms with van der Waals surface area (Å²) in [5, 5.41) is 1.34. The minimum Gasteiger partial charge on any atom is -0.357 e. The molecule has 0 bridgehead atoms. The third-order valence-corrected chi connectivity index (χ3v) is 14.5. The molecule has 3 aliphatic carbocycles. The van der Waals surface area contributed by atoms with E-state index in [0.29, 0.717) is 0 Å². The van der Waals surface area contributed by atoms with E-state index in [4.69, 9.17) is 0 Å². The van der Waals surface area contributed by atoms with Crippen LogP contribution in [-0.4, -0.2) is 12.3 Å². The second-order valence-corrected chi connectivity index (χ2v) is 17.8. The Morgan fingerprint density at radius 2 is 1.32 bits per heavy atom. The van der Waals surface area contributed by atoms with Crippen LogP contribution >= 0.6 is 0 Å². The summed E-state index contributed by atoms with van der Waals surface area (Å²) in [4.78, 5) is 9.17. The van der Waals surface area contributed by atoms with Crippen LogP contribution in [0.4, 0.5) is 34.1 Å². The maximum atomic E-state index is 4.08. The number of hydrogen-bond acceptors (Lipinski definition) is 2. The van der Waals surface area contributed by atoms with Crippen molar-refractivity contribution in [3.05, 3.63) is 233 Å². The maximum absolute atomic E-state index is 4.08. The second kappa shape index (κ2) is 14.4. The highest BCUT2D eigenvalue weighted by molar-refractivity contribution is 6.73. The number of fused-ring (bicyclic) bond motifs is 8. The van der Waals surface area contributed by atoms with E-state index < -0.39 is 5.41 Å². The molecule has 0 saturated carbocycles. The largest absolute Gasteiger partial charge is 0.357 e. The fourth-order valence-corrected chi connectivity index (χ4v) is 12.0. The van der Waals surface area contributed by atoms with Crippen molar-refractivity contribution in [3.8, 4) is 11.1 Å². The van der Waals surface area contributed by atoms with Crippen molar-refractivity contribution < 1.29 is 0 Å². The van der Waals surface area contributed by atoms with Crippen LogP contribution in [0.1, 0.15) is 60.1 Å². The molecule has 1 atom stereocenters. The first-order valence-electron chi connectivity index (χ1n) is 22.8. The molecule has 1 aromatic heterocycles. The van der Waals surface area contributed by atoms with Gasteiger partial charge in [-0.1, -0.05) is 163 Å². The summed E-state index contributed by atoms with van der Waals surface area (Å²) < 4.78 is 0. The molecule has 1 unspecified atom stereocenters. The molecular formula is C59H46BN3. The molecule has 0 amide bonds. The summed E-state index contributed by atoms with van der Waals surface area (Å²) in [7, 11) is 0.824. The number of nitrogens with one attached hydrogen (secondary N) is 1. The van der Waals surface area contributed by atoms with Crippen LogP contribution in [0.2, 0.25) is 0 Å². The van der Waals surface area contributed by atoms with Gasteiger partial charge in [-0.2, -0.15) is 0 Å². The maximum Gasteiger partial charge on any atom is 0.198 e. The van der Waals surface area contributed by atoms with Gasteiger partial charge < -0.3 is 14.8 Å². The van der Waals surface area contributed by atoms with Crippen molar-refractivity contribution in [1.82, 2.24) is 4.98 Å². The highest BCUT2D eigenvalue weighted by atomic mass is 15.2. The van der Waals surface area contributed by atoms with Crippen molar-refractivity contribution in [1.29, 1.82) is 0 Å². The number of rotatable bonds is 6. The number of nitrogens with zero attached hydrogens (tertiary/aromatic N) is 2. The third kappa shape index (κ3) is 5.40. The molecule has 0 saturated heterocycles. The first-order chi connectivity index (χ1) is 31.3. The van der Waals surface area contributed by atoms with E-state index in [1.807, 2.05) is 0 Å². The zero-order valence-electron chi connectivity index (χ0n) is 35.3. The van der Waals surface area contributed by atoms with Crippen molar-refractivity contribution in [3.63, 3.8) is 0 Å². The molecule has 3 nitrogen and oxygen atoms in total. The van der Waals surface area contributed by atoms with Crippen LogP contribution in [0.3, 0.4) is 0 Å².